The lowest BCUT2D eigenvalue weighted by molar-refractivity contribution is -0.155. The first-order valence-corrected chi connectivity index (χ1v) is 10.5. The Kier molecular flexibility index (Phi) is 7.45. The molecule has 1 aromatic carbocycles. The van der Waals surface area contributed by atoms with Gasteiger partial charge in [-0.1, -0.05) is 18.9 Å². The summed E-state index contributed by atoms with van der Waals surface area (Å²) in [5.74, 6) is -2.92. The summed E-state index contributed by atoms with van der Waals surface area (Å²) in [5, 5.41) is 4.98. The maximum Gasteiger partial charge on any atom is 0.326 e. The Morgan fingerprint density at radius 1 is 1.06 bits per heavy atom. The standard InChI is InChI=1S/C22H27N3O7/c1-13-7-8-17(31-2)16(9-13)24-18(26)10-23-19(27)12-32-20(28)11-25-21(29)14-5-3-4-6-15(14)22(25)30/h7-9,14-15H,3-6,10-12H2,1-2H3,(H,23,27)(H,24,26). The number of fused-ring (bicyclic) bond motifs is 1. The fraction of sp³-hybridized carbons (Fsp3) is 0.500. The molecule has 0 aromatic heterocycles. The molecule has 2 aliphatic rings. The second kappa shape index (κ2) is 10.3. The molecule has 1 aromatic rings. The Balaban J connectivity index is 1.41. The molecule has 3 rings (SSSR count). The van der Waals surface area contributed by atoms with Crippen LogP contribution in [0, 0.1) is 18.8 Å². The molecule has 10 nitrogen and oxygen atoms in total. The average Bonchev–Trinajstić information content (AvgIpc) is 3.01. The fourth-order valence-corrected chi connectivity index (χ4v) is 4.05. The number of amides is 4. The van der Waals surface area contributed by atoms with Crippen molar-refractivity contribution in [2.45, 2.75) is 32.6 Å². The molecule has 172 valence electrons. The van der Waals surface area contributed by atoms with Crippen LogP contribution >= 0.6 is 0 Å². The van der Waals surface area contributed by atoms with Crippen LogP contribution in [0.25, 0.3) is 0 Å². The van der Waals surface area contributed by atoms with Crippen LogP contribution in [0.3, 0.4) is 0 Å². The second-order valence-corrected chi connectivity index (χ2v) is 7.95. The van der Waals surface area contributed by atoms with Gasteiger partial charge in [0.2, 0.25) is 17.7 Å². The van der Waals surface area contributed by atoms with Crippen LogP contribution in [0.5, 0.6) is 5.75 Å². The number of carbonyl (C=O) groups is 5. The zero-order chi connectivity index (χ0) is 23.3. The lowest BCUT2D eigenvalue weighted by Gasteiger charge is -2.19. The van der Waals surface area contributed by atoms with Gasteiger partial charge in [0.25, 0.3) is 5.91 Å². The molecule has 2 atom stereocenters. The van der Waals surface area contributed by atoms with Crippen molar-refractivity contribution in [1.82, 2.24) is 10.2 Å². The third-order valence-corrected chi connectivity index (χ3v) is 5.66. The maximum atomic E-state index is 12.4. The van der Waals surface area contributed by atoms with Crippen molar-refractivity contribution in [2.24, 2.45) is 11.8 Å². The molecule has 10 heteroatoms. The van der Waals surface area contributed by atoms with E-state index < -0.39 is 30.9 Å². The number of imide groups is 1. The molecule has 2 N–H and O–H groups in total. The molecule has 0 radical (unpaired) electrons. The summed E-state index contributed by atoms with van der Waals surface area (Å²) in [6.45, 7) is 0.400. The molecule has 0 bridgehead atoms. The summed E-state index contributed by atoms with van der Waals surface area (Å²) < 4.78 is 10.1. The van der Waals surface area contributed by atoms with Crippen LogP contribution in [0.1, 0.15) is 31.2 Å². The van der Waals surface area contributed by atoms with Gasteiger partial charge in [-0.3, -0.25) is 28.9 Å². The van der Waals surface area contributed by atoms with Gasteiger partial charge in [0.15, 0.2) is 6.61 Å². The van der Waals surface area contributed by atoms with Crippen LogP contribution in [-0.4, -0.2) is 61.3 Å². The highest BCUT2D eigenvalue weighted by molar-refractivity contribution is 6.07. The third-order valence-electron chi connectivity index (χ3n) is 5.66. The third kappa shape index (κ3) is 5.43. The molecule has 4 amide bonds. The number of nitrogens with zero attached hydrogens (tertiary/aromatic N) is 1. The summed E-state index contributed by atoms with van der Waals surface area (Å²) in [5.41, 5.74) is 1.39. The number of aryl methyl sites for hydroxylation is 1. The number of methoxy groups -OCH3 is 1. The first kappa shape index (κ1) is 23.2. The quantitative estimate of drug-likeness (QED) is 0.446. The number of rotatable bonds is 8. The fourth-order valence-electron chi connectivity index (χ4n) is 4.05. The van der Waals surface area contributed by atoms with E-state index in [9.17, 15) is 24.0 Å². The van der Waals surface area contributed by atoms with Crippen molar-refractivity contribution in [3.63, 3.8) is 0 Å². The molecule has 1 aliphatic heterocycles. The molecule has 1 aliphatic carbocycles. The molecule has 32 heavy (non-hydrogen) atoms. The molecule has 0 spiro atoms. The van der Waals surface area contributed by atoms with Gasteiger partial charge in [-0.25, -0.2) is 0 Å². The van der Waals surface area contributed by atoms with Crippen molar-refractivity contribution in [3.05, 3.63) is 23.8 Å². The Morgan fingerprint density at radius 3 is 2.34 bits per heavy atom. The highest BCUT2D eigenvalue weighted by Gasteiger charge is 2.48. The van der Waals surface area contributed by atoms with Crippen molar-refractivity contribution >= 4 is 35.3 Å². The van der Waals surface area contributed by atoms with Crippen molar-refractivity contribution < 1.29 is 33.4 Å². The van der Waals surface area contributed by atoms with Gasteiger partial charge in [-0.15, -0.1) is 0 Å². The normalized spacial score (nSPS) is 19.9. The lowest BCUT2D eigenvalue weighted by Crippen LogP contribution is -2.39. The summed E-state index contributed by atoms with van der Waals surface area (Å²) in [7, 11) is 1.48. The van der Waals surface area contributed by atoms with E-state index in [1.54, 1.807) is 12.1 Å². The van der Waals surface area contributed by atoms with Gasteiger partial charge in [0.1, 0.15) is 12.3 Å². The Bertz CT molecular complexity index is 906. The lowest BCUT2D eigenvalue weighted by atomic mass is 9.81. The highest BCUT2D eigenvalue weighted by atomic mass is 16.5. The Morgan fingerprint density at radius 2 is 1.72 bits per heavy atom. The van der Waals surface area contributed by atoms with Crippen LogP contribution in [-0.2, 0) is 28.7 Å². The Labute approximate surface area is 185 Å². The second-order valence-electron chi connectivity index (χ2n) is 7.95. The minimum Gasteiger partial charge on any atom is -0.495 e. The van der Waals surface area contributed by atoms with Crippen LogP contribution < -0.4 is 15.4 Å². The van der Waals surface area contributed by atoms with E-state index in [1.165, 1.54) is 7.11 Å². The molecule has 1 heterocycles. The van der Waals surface area contributed by atoms with E-state index in [1.807, 2.05) is 13.0 Å². The van der Waals surface area contributed by atoms with Gasteiger partial charge in [-0.2, -0.15) is 0 Å². The monoisotopic (exact) mass is 445 g/mol. The van der Waals surface area contributed by atoms with Gasteiger partial charge in [-0.05, 0) is 37.5 Å². The van der Waals surface area contributed by atoms with Crippen molar-refractivity contribution in [3.8, 4) is 5.75 Å². The summed E-state index contributed by atoms with van der Waals surface area (Å²) in [4.78, 5) is 61.7. The number of benzene rings is 1. The number of nitrogens with one attached hydrogen (secondary N) is 2. The minimum absolute atomic E-state index is 0.333. The summed E-state index contributed by atoms with van der Waals surface area (Å²) >= 11 is 0. The summed E-state index contributed by atoms with van der Waals surface area (Å²) in [6.07, 6.45) is 3.09. The number of anilines is 1. The first-order chi connectivity index (χ1) is 15.3. The zero-order valence-corrected chi connectivity index (χ0v) is 18.1. The van der Waals surface area contributed by atoms with E-state index >= 15 is 0 Å². The number of carbonyl (C=O) groups excluding carboxylic acids is 5. The van der Waals surface area contributed by atoms with E-state index in [-0.39, 0.29) is 30.2 Å². The van der Waals surface area contributed by atoms with Gasteiger partial charge in [0, 0.05) is 0 Å². The van der Waals surface area contributed by atoms with E-state index in [4.69, 9.17) is 9.47 Å². The maximum absolute atomic E-state index is 12.4. The molecule has 2 unspecified atom stereocenters. The van der Waals surface area contributed by atoms with Crippen LogP contribution in [0.15, 0.2) is 18.2 Å². The predicted octanol–water partition coefficient (Wildman–Crippen LogP) is 0.777. The number of ether oxygens (including phenoxy) is 2. The average molecular weight is 445 g/mol. The van der Waals surface area contributed by atoms with Crippen LogP contribution in [0.2, 0.25) is 0 Å². The predicted molar refractivity (Wildman–Crippen MR) is 112 cm³/mol. The van der Waals surface area contributed by atoms with Crippen molar-refractivity contribution in [1.29, 1.82) is 0 Å². The molecule has 2 fully saturated rings. The van der Waals surface area contributed by atoms with Crippen molar-refractivity contribution in [2.75, 3.05) is 32.1 Å². The molecular formula is C22H27N3O7. The smallest absolute Gasteiger partial charge is 0.326 e. The zero-order valence-electron chi connectivity index (χ0n) is 18.1. The SMILES string of the molecule is COc1ccc(C)cc1NC(=O)CNC(=O)COC(=O)CN1C(=O)C2CCCCC2C1=O. The van der Waals surface area contributed by atoms with Crippen LogP contribution in [0.4, 0.5) is 5.69 Å². The van der Waals surface area contributed by atoms with Gasteiger partial charge in [0.05, 0.1) is 31.2 Å². The minimum atomic E-state index is -0.852. The van der Waals surface area contributed by atoms with Gasteiger partial charge < -0.3 is 20.1 Å². The van der Waals surface area contributed by atoms with E-state index in [0.29, 0.717) is 24.3 Å². The molecular weight excluding hydrogens is 418 g/mol. The topological polar surface area (TPSA) is 131 Å². The summed E-state index contributed by atoms with van der Waals surface area (Å²) in [6, 6.07) is 5.28. The number of esters is 1. The molecule has 1 saturated heterocycles. The van der Waals surface area contributed by atoms with Gasteiger partial charge >= 0.3 is 5.97 Å². The Hall–Kier alpha value is -3.43. The number of likely N-dealkylation sites (tertiary alicyclic amines) is 1. The van der Waals surface area contributed by atoms with E-state index in [2.05, 4.69) is 10.6 Å². The largest absolute Gasteiger partial charge is 0.495 e. The number of hydrogen-bond acceptors (Lipinski definition) is 7. The first-order valence-electron chi connectivity index (χ1n) is 10.5. The van der Waals surface area contributed by atoms with E-state index in [0.717, 1.165) is 23.3 Å². The number of hydrogen-bond donors (Lipinski definition) is 2. The molecule has 1 saturated carbocycles. The highest BCUT2D eigenvalue weighted by Crippen LogP contribution is 2.37.